The second-order valence-corrected chi connectivity index (χ2v) is 7.53. The molecule has 4 nitrogen and oxygen atoms in total. The number of hydrogen-bond donors (Lipinski definition) is 0. The summed E-state index contributed by atoms with van der Waals surface area (Å²) in [7, 11) is 5.97. The SMILES string of the molecule is COc1cccc2c1ccc1c3cc(CCN(C)C)cc4c3n(c21)CN=C4. The van der Waals surface area contributed by atoms with E-state index in [2.05, 4.69) is 65.0 Å². The zero-order valence-corrected chi connectivity index (χ0v) is 16.0. The Labute approximate surface area is 158 Å². The maximum Gasteiger partial charge on any atom is 0.126 e. The van der Waals surface area contributed by atoms with E-state index in [1.807, 2.05) is 12.3 Å². The van der Waals surface area contributed by atoms with Crippen LogP contribution in [0.5, 0.6) is 5.75 Å². The average molecular weight is 357 g/mol. The molecule has 4 heteroatoms. The summed E-state index contributed by atoms with van der Waals surface area (Å²) in [5, 5.41) is 4.99. The molecule has 0 saturated heterocycles. The van der Waals surface area contributed by atoms with Gasteiger partial charge in [-0.25, -0.2) is 0 Å². The molecule has 5 rings (SSSR count). The van der Waals surface area contributed by atoms with E-state index in [0.717, 1.165) is 24.1 Å². The van der Waals surface area contributed by atoms with E-state index in [4.69, 9.17) is 4.74 Å². The summed E-state index contributed by atoms with van der Waals surface area (Å²) in [4.78, 5) is 6.88. The standard InChI is InChI=1S/C23H23N3O/c1-25(2)10-9-15-11-16-13-24-14-26-22(16)20(12-15)19-8-7-17-18(23(19)26)5-4-6-21(17)27-3/h4-8,11-13H,9-10,14H2,1-3H3. The number of likely N-dealkylation sites (N-methyl/N-ethyl adjacent to an activating group) is 1. The molecule has 3 aromatic carbocycles. The Bertz CT molecular complexity index is 1220. The van der Waals surface area contributed by atoms with Gasteiger partial charge in [-0.2, -0.15) is 0 Å². The molecule has 0 unspecified atom stereocenters. The zero-order valence-electron chi connectivity index (χ0n) is 16.0. The number of benzene rings is 3. The number of hydrogen-bond acceptors (Lipinski definition) is 3. The molecule has 0 amide bonds. The molecule has 0 saturated carbocycles. The molecule has 0 N–H and O–H groups in total. The second kappa shape index (κ2) is 6.10. The van der Waals surface area contributed by atoms with Crippen LogP contribution in [0.4, 0.5) is 0 Å². The fourth-order valence-electron chi connectivity index (χ4n) is 4.29. The molecule has 1 aliphatic heterocycles. The van der Waals surface area contributed by atoms with Gasteiger partial charge in [-0.15, -0.1) is 0 Å². The lowest BCUT2D eigenvalue weighted by molar-refractivity contribution is 0.414. The lowest BCUT2D eigenvalue weighted by Crippen LogP contribution is -2.15. The van der Waals surface area contributed by atoms with E-state index in [1.165, 1.54) is 38.3 Å². The van der Waals surface area contributed by atoms with Crippen molar-refractivity contribution >= 4 is 38.8 Å². The molecule has 2 heterocycles. The van der Waals surface area contributed by atoms with Crippen LogP contribution in [-0.2, 0) is 13.1 Å². The van der Waals surface area contributed by atoms with E-state index in [9.17, 15) is 0 Å². The van der Waals surface area contributed by atoms with Crippen LogP contribution in [0, 0.1) is 0 Å². The molecule has 1 aliphatic rings. The Morgan fingerprint density at radius 3 is 2.63 bits per heavy atom. The van der Waals surface area contributed by atoms with Crippen molar-refractivity contribution in [2.75, 3.05) is 27.7 Å². The quantitative estimate of drug-likeness (QED) is 0.540. The molecule has 0 aliphatic carbocycles. The summed E-state index contributed by atoms with van der Waals surface area (Å²) in [6.45, 7) is 1.71. The summed E-state index contributed by atoms with van der Waals surface area (Å²) in [6.07, 6.45) is 3.07. The summed E-state index contributed by atoms with van der Waals surface area (Å²) >= 11 is 0. The largest absolute Gasteiger partial charge is 0.496 e. The van der Waals surface area contributed by atoms with E-state index in [-0.39, 0.29) is 0 Å². The van der Waals surface area contributed by atoms with Gasteiger partial charge in [0.05, 0.1) is 18.1 Å². The molecule has 1 aromatic heterocycles. The van der Waals surface area contributed by atoms with Crippen molar-refractivity contribution in [1.82, 2.24) is 9.47 Å². The number of aromatic nitrogens is 1. The smallest absolute Gasteiger partial charge is 0.126 e. The zero-order chi connectivity index (χ0) is 18.5. The van der Waals surface area contributed by atoms with Gasteiger partial charge in [-0.1, -0.05) is 18.2 Å². The predicted octanol–water partition coefficient (Wildman–Crippen LogP) is 4.45. The first-order chi connectivity index (χ1) is 13.2. The number of rotatable bonds is 4. The van der Waals surface area contributed by atoms with Crippen molar-refractivity contribution in [1.29, 1.82) is 0 Å². The Morgan fingerprint density at radius 1 is 1.00 bits per heavy atom. The highest BCUT2D eigenvalue weighted by Gasteiger charge is 2.19. The molecule has 4 aromatic rings. The molecule has 0 bridgehead atoms. The lowest BCUT2D eigenvalue weighted by atomic mass is 10.0. The van der Waals surface area contributed by atoms with Gasteiger partial charge in [0, 0.05) is 39.9 Å². The first-order valence-corrected chi connectivity index (χ1v) is 9.36. The first-order valence-electron chi connectivity index (χ1n) is 9.36. The minimum Gasteiger partial charge on any atom is -0.496 e. The van der Waals surface area contributed by atoms with Gasteiger partial charge in [-0.3, -0.25) is 4.99 Å². The van der Waals surface area contributed by atoms with Crippen LogP contribution in [0.2, 0.25) is 0 Å². The Morgan fingerprint density at radius 2 is 1.81 bits per heavy atom. The van der Waals surface area contributed by atoms with E-state index in [0.29, 0.717) is 6.67 Å². The number of aliphatic imine (C=N–C) groups is 1. The molecule has 0 atom stereocenters. The minimum absolute atomic E-state index is 0.667. The minimum atomic E-state index is 0.667. The van der Waals surface area contributed by atoms with Crippen LogP contribution < -0.4 is 4.74 Å². The maximum absolute atomic E-state index is 5.59. The molecule has 0 fully saturated rings. The van der Waals surface area contributed by atoms with Crippen molar-refractivity contribution in [3.8, 4) is 5.75 Å². The average Bonchev–Trinajstić information content (AvgIpc) is 3.01. The summed E-state index contributed by atoms with van der Waals surface area (Å²) in [5.74, 6) is 0.915. The van der Waals surface area contributed by atoms with Crippen molar-refractivity contribution in [2.24, 2.45) is 4.99 Å². The molecule has 0 spiro atoms. The predicted molar refractivity (Wildman–Crippen MR) is 113 cm³/mol. The van der Waals surface area contributed by atoms with Gasteiger partial charge in [0.1, 0.15) is 12.4 Å². The van der Waals surface area contributed by atoms with Crippen LogP contribution in [-0.4, -0.2) is 43.4 Å². The first kappa shape index (κ1) is 16.3. The van der Waals surface area contributed by atoms with Crippen LogP contribution in [0.3, 0.4) is 0 Å². The van der Waals surface area contributed by atoms with Crippen molar-refractivity contribution in [3.63, 3.8) is 0 Å². The summed E-state index contributed by atoms with van der Waals surface area (Å²) < 4.78 is 7.95. The number of fused-ring (bicyclic) bond motifs is 5. The van der Waals surface area contributed by atoms with Crippen LogP contribution in [0.1, 0.15) is 11.1 Å². The van der Waals surface area contributed by atoms with E-state index < -0.39 is 0 Å². The number of methoxy groups -OCH3 is 1. The van der Waals surface area contributed by atoms with Crippen LogP contribution in [0.15, 0.2) is 47.5 Å². The van der Waals surface area contributed by atoms with Crippen molar-refractivity contribution in [2.45, 2.75) is 13.1 Å². The van der Waals surface area contributed by atoms with Crippen molar-refractivity contribution in [3.05, 3.63) is 53.6 Å². The van der Waals surface area contributed by atoms with Gasteiger partial charge in [-0.05, 0) is 50.3 Å². The highest BCUT2D eigenvalue weighted by molar-refractivity contribution is 6.21. The monoisotopic (exact) mass is 357 g/mol. The lowest BCUT2D eigenvalue weighted by Gasteiger charge is -2.14. The molecule has 27 heavy (non-hydrogen) atoms. The van der Waals surface area contributed by atoms with Gasteiger partial charge >= 0.3 is 0 Å². The molecular formula is C23H23N3O. The van der Waals surface area contributed by atoms with Gasteiger partial charge < -0.3 is 14.2 Å². The fraction of sp³-hybridized carbons (Fsp3) is 0.261. The highest BCUT2D eigenvalue weighted by atomic mass is 16.5. The molecule has 136 valence electrons. The normalized spacial score (nSPS) is 13.3. The summed E-state index contributed by atoms with van der Waals surface area (Å²) in [5.41, 5.74) is 5.14. The number of nitrogens with zero attached hydrogens (tertiary/aromatic N) is 3. The third-order valence-corrected chi connectivity index (χ3v) is 5.54. The Balaban J connectivity index is 1.86. The van der Waals surface area contributed by atoms with E-state index >= 15 is 0 Å². The topological polar surface area (TPSA) is 29.8 Å². The van der Waals surface area contributed by atoms with Crippen molar-refractivity contribution < 1.29 is 4.74 Å². The van der Waals surface area contributed by atoms with Gasteiger partial charge in [0.2, 0.25) is 0 Å². The third kappa shape index (κ3) is 2.44. The highest BCUT2D eigenvalue weighted by Crippen LogP contribution is 2.39. The van der Waals surface area contributed by atoms with Gasteiger partial charge in [0.15, 0.2) is 0 Å². The Hall–Kier alpha value is -2.85. The van der Waals surface area contributed by atoms with E-state index in [1.54, 1.807) is 7.11 Å². The van der Waals surface area contributed by atoms with Gasteiger partial charge in [0.25, 0.3) is 0 Å². The molecule has 0 radical (unpaired) electrons. The number of ether oxygens (including phenoxy) is 1. The third-order valence-electron chi connectivity index (χ3n) is 5.54. The molecular weight excluding hydrogens is 334 g/mol. The van der Waals surface area contributed by atoms with Crippen LogP contribution >= 0.6 is 0 Å². The summed E-state index contributed by atoms with van der Waals surface area (Å²) in [6, 6.07) is 15.4. The maximum atomic E-state index is 5.59. The Kier molecular flexibility index (Phi) is 3.69. The van der Waals surface area contributed by atoms with Crippen LogP contribution in [0.25, 0.3) is 32.6 Å². The second-order valence-electron chi connectivity index (χ2n) is 7.53. The fourth-order valence-corrected chi connectivity index (χ4v) is 4.29.